The molecule has 3 heteroatoms. The Morgan fingerprint density at radius 2 is 2.15 bits per heavy atom. The highest BCUT2D eigenvalue weighted by Crippen LogP contribution is 2.38. The van der Waals surface area contributed by atoms with E-state index >= 15 is 0 Å². The van der Waals surface area contributed by atoms with Crippen molar-refractivity contribution in [2.24, 2.45) is 5.41 Å². The number of nitrogens with zero attached hydrogens (tertiary/aromatic N) is 1. The summed E-state index contributed by atoms with van der Waals surface area (Å²) in [6, 6.07) is 8.12. The van der Waals surface area contributed by atoms with Crippen LogP contribution in [0.3, 0.4) is 0 Å². The van der Waals surface area contributed by atoms with Crippen LogP contribution in [0.1, 0.15) is 44.2 Å². The number of aromatic hydroxyl groups is 1. The lowest BCUT2D eigenvalue weighted by atomic mass is 9.74. The van der Waals surface area contributed by atoms with Crippen molar-refractivity contribution in [3.05, 3.63) is 29.8 Å². The summed E-state index contributed by atoms with van der Waals surface area (Å²) in [5.41, 5.74) is 1.72. The Morgan fingerprint density at radius 1 is 1.30 bits per heavy atom. The molecule has 20 heavy (non-hydrogen) atoms. The third-order valence-electron chi connectivity index (χ3n) is 5.15. The first-order valence-corrected chi connectivity index (χ1v) is 7.92. The smallest absolute Gasteiger partial charge is 0.115 e. The van der Waals surface area contributed by atoms with E-state index < -0.39 is 0 Å². The molecule has 0 saturated carbocycles. The summed E-state index contributed by atoms with van der Waals surface area (Å²) < 4.78 is 0. The average molecular weight is 274 g/mol. The summed E-state index contributed by atoms with van der Waals surface area (Å²) in [5.74, 6) is 0.375. The van der Waals surface area contributed by atoms with Crippen LogP contribution < -0.4 is 5.32 Å². The van der Waals surface area contributed by atoms with Gasteiger partial charge >= 0.3 is 0 Å². The van der Waals surface area contributed by atoms with E-state index in [-0.39, 0.29) is 0 Å². The molecule has 0 amide bonds. The fraction of sp³-hybridized carbons (Fsp3) is 0.647. The molecule has 2 unspecified atom stereocenters. The van der Waals surface area contributed by atoms with Crippen LogP contribution in [0.2, 0.25) is 0 Å². The standard InChI is InChI=1S/C17H26N2O/c1-14(15-5-2-6-16(20)11-15)19-10-4-8-17(13-19)7-3-9-18-12-17/h2,5-6,11,14,18,20H,3-4,7-10,12-13H2,1H3. The molecule has 2 atom stereocenters. The SMILES string of the molecule is CC(c1cccc(O)c1)N1CCCC2(CCCNC2)C1. The van der Waals surface area contributed by atoms with Gasteiger partial charge < -0.3 is 10.4 Å². The maximum absolute atomic E-state index is 9.67. The van der Waals surface area contributed by atoms with Crippen molar-refractivity contribution in [2.45, 2.75) is 38.6 Å². The minimum atomic E-state index is 0.375. The first-order chi connectivity index (χ1) is 9.69. The highest BCUT2D eigenvalue weighted by atomic mass is 16.3. The molecule has 2 fully saturated rings. The first kappa shape index (κ1) is 13.9. The van der Waals surface area contributed by atoms with Gasteiger partial charge in [-0.15, -0.1) is 0 Å². The van der Waals surface area contributed by atoms with Crippen molar-refractivity contribution >= 4 is 0 Å². The number of hydrogen-bond donors (Lipinski definition) is 2. The predicted octanol–water partition coefficient (Wildman–Crippen LogP) is 2.92. The van der Waals surface area contributed by atoms with Crippen LogP contribution in [0, 0.1) is 5.41 Å². The van der Waals surface area contributed by atoms with E-state index in [1.54, 1.807) is 6.07 Å². The van der Waals surface area contributed by atoms with Crippen LogP contribution >= 0.6 is 0 Å². The van der Waals surface area contributed by atoms with E-state index in [1.165, 1.54) is 57.4 Å². The third kappa shape index (κ3) is 2.84. The second-order valence-corrected chi connectivity index (χ2v) is 6.63. The number of phenolic OH excluding ortho intramolecular Hbond substituents is 1. The average Bonchev–Trinajstić information content (AvgIpc) is 2.47. The molecular formula is C17H26N2O. The van der Waals surface area contributed by atoms with Gasteiger partial charge in [-0.25, -0.2) is 0 Å². The Bertz CT molecular complexity index is 449. The van der Waals surface area contributed by atoms with E-state index in [1.807, 2.05) is 12.1 Å². The molecule has 1 spiro atoms. The predicted molar refractivity (Wildman–Crippen MR) is 81.9 cm³/mol. The zero-order valence-electron chi connectivity index (χ0n) is 12.4. The summed E-state index contributed by atoms with van der Waals surface area (Å²) in [6.07, 6.45) is 5.34. The molecule has 1 aromatic carbocycles. The fourth-order valence-electron chi connectivity index (χ4n) is 3.95. The number of likely N-dealkylation sites (tertiary alicyclic amines) is 1. The van der Waals surface area contributed by atoms with Gasteiger partial charge in [0.05, 0.1) is 0 Å². The molecule has 0 aromatic heterocycles. The van der Waals surface area contributed by atoms with Crippen LogP contribution in [-0.2, 0) is 0 Å². The summed E-state index contributed by atoms with van der Waals surface area (Å²) >= 11 is 0. The van der Waals surface area contributed by atoms with Crippen LogP contribution in [0.4, 0.5) is 0 Å². The minimum absolute atomic E-state index is 0.375. The molecule has 2 N–H and O–H groups in total. The Labute approximate surface area is 122 Å². The number of piperidine rings is 2. The minimum Gasteiger partial charge on any atom is -0.508 e. The van der Waals surface area contributed by atoms with Crippen molar-refractivity contribution in [1.82, 2.24) is 10.2 Å². The zero-order chi connectivity index (χ0) is 14.0. The van der Waals surface area contributed by atoms with Crippen molar-refractivity contribution in [1.29, 1.82) is 0 Å². The largest absolute Gasteiger partial charge is 0.508 e. The quantitative estimate of drug-likeness (QED) is 0.870. The van der Waals surface area contributed by atoms with E-state index in [2.05, 4.69) is 23.2 Å². The molecule has 2 heterocycles. The molecular weight excluding hydrogens is 248 g/mol. The maximum atomic E-state index is 9.67. The highest BCUT2D eigenvalue weighted by molar-refractivity contribution is 5.29. The summed E-state index contributed by atoms with van der Waals surface area (Å²) in [5, 5.41) is 13.3. The van der Waals surface area contributed by atoms with Gasteiger partial charge in [0.25, 0.3) is 0 Å². The van der Waals surface area contributed by atoms with Gasteiger partial charge in [0.2, 0.25) is 0 Å². The number of nitrogens with one attached hydrogen (secondary N) is 1. The van der Waals surface area contributed by atoms with Crippen molar-refractivity contribution < 1.29 is 5.11 Å². The van der Waals surface area contributed by atoms with Gasteiger partial charge in [0.15, 0.2) is 0 Å². The van der Waals surface area contributed by atoms with E-state index in [0.717, 1.165) is 0 Å². The van der Waals surface area contributed by atoms with Crippen molar-refractivity contribution in [2.75, 3.05) is 26.2 Å². The van der Waals surface area contributed by atoms with Crippen LogP contribution in [0.5, 0.6) is 5.75 Å². The van der Waals surface area contributed by atoms with Crippen molar-refractivity contribution in [3.63, 3.8) is 0 Å². The van der Waals surface area contributed by atoms with Crippen LogP contribution in [0.25, 0.3) is 0 Å². The van der Waals surface area contributed by atoms with E-state index in [9.17, 15) is 5.11 Å². The molecule has 1 aromatic rings. The fourth-order valence-corrected chi connectivity index (χ4v) is 3.95. The molecule has 2 aliphatic rings. The number of hydrogen-bond acceptors (Lipinski definition) is 3. The summed E-state index contributed by atoms with van der Waals surface area (Å²) in [4.78, 5) is 2.60. The molecule has 0 bridgehead atoms. The summed E-state index contributed by atoms with van der Waals surface area (Å²) in [7, 11) is 0. The second-order valence-electron chi connectivity index (χ2n) is 6.63. The second kappa shape index (κ2) is 5.74. The monoisotopic (exact) mass is 274 g/mol. The Hall–Kier alpha value is -1.06. The van der Waals surface area contributed by atoms with E-state index in [0.29, 0.717) is 17.2 Å². The Kier molecular flexibility index (Phi) is 3.99. The number of rotatable bonds is 2. The topological polar surface area (TPSA) is 35.5 Å². The van der Waals surface area contributed by atoms with Gasteiger partial charge in [-0.1, -0.05) is 12.1 Å². The lowest BCUT2D eigenvalue weighted by Gasteiger charge is -2.47. The highest BCUT2D eigenvalue weighted by Gasteiger charge is 2.37. The van der Waals surface area contributed by atoms with Gasteiger partial charge in [-0.05, 0) is 68.8 Å². The molecule has 0 aliphatic carbocycles. The van der Waals surface area contributed by atoms with E-state index in [4.69, 9.17) is 0 Å². The zero-order valence-corrected chi connectivity index (χ0v) is 12.4. The Morgan fingerprint density at radius 3 is 2.90 bits per heavy atom. The first-order valence-electron chi connectivity index (χ1n) is 7.92. The third-order valence-corrected chi connectivity index (χ3v) is 5.15. The van der Waals surface area contributed by atoms with Gasteiger partial charge in [0, 0.05) is 19.1 Å². The number of phenols is 1. The van der Waals surface area contributed by atoms with Gasteiger partial charge in [-0.3, -0.25) is 4.90 Å². The lowest BCUT2D eigenvalue weighted by Crippen LogP contribution is -2.51. The molecule has 0 radical (unpaired) electrons. The molecule has 2 aliphatic heterocycles. The van der Waals surface area contributed by atoms with Crippen LogP contribution in [0.15, 0.2) is 24.3 Å². The van der Waals surface area contributed by atoms with Crippen molar-refractivity contribution in [3.8, 4) is 5.75 Å². The van der Waals surface area contributed by atoms with Gasteiger partial charge in [-0.2, -0.15) is 0 Å². The van der Waals surface area contributed by atoms with Gasteiger partial charge in [0.1, 0.15) is 5.75 Å². The molecule has 3 rings (SSSR count). The number of benzene rings is 1. The Balaban J connectivity index is 1.73. The molecule has 3 nitrogen and oxygen atoms in total. The summed E-state index contributed by atoms with van der Waals surface area (Å²) in [6.45, 7) is 7.00. The van der Waals surface area contributed by atoms with Crippen LogP contribution in [-0.4, -0.2) is 36.2 Å². The molecule has 2 saturated heterocycles. The molecule has 110 valence electrons. The maximum Gasteiger partial charge on any atom is 0.115 e. The normalized spacial score (nSPS) is 29.4. The lowest BCUT2D eigenvalue weighted by molar-refractivity contribution is 0.0415.